The monoisotopic (exact) mass is 138 g/mol. The number of aryl methyl sites for hydroxylation is 3. The molecule has 0 atom stereocenters. The van der Waals surface area contributed by atoms with Crippen molar-refractivity contribution in [3.63, 3.8) is 0 Å². The predicted octanol–water partition coefficient (Wildman–Crippen LogP) is 2.85. The third-order valence-corrected chi connectivity index (χ3v) is 1.66. The summed E-state index contributed by atoms with van der Waals surface area (Å²) in [5, 5.41) is 0. The van der Waals surface area contributed by atoms with Gasteiger partial charge in [-0.15, -0.1) is 0 Å². The van der Waals surface area contributed by atoms with Gasteiger partial charge >= 0.3 is 0 Å². The molecule has 0 saturated carbocycles. The molecule has 0 aliphatic rings. The fraction of sp³-hybridized carbons (Fsp3) is 0.556. The van der Waals surface area contributed by atoms with Crippen LogP contribution in [0.5, 0.6) is 0 Å². The smallest absolute Gasteiger partial charge is 0.104 e. The first-order chi connectivity index (χ1) is 4.74. The minimum atomic E-state index is 1.03. The predicted molar refractivity (Wildman–Crippen MR) is 42.2 cm³/mol. The summed E-state index contributed by atoms with van der Waals surface area (Å²) in [4.78, 5) is 0. The third kappa shape index (κ3) is 1.41. The van der Waals surface area contributed by atoms with E-state index in [-0.39, 0.29) is 0 Å². The third-order valence-electron chi connectivity index (χ3n) is 1.66. The van der Waals surface area contributed by atoms with Gasteiger partial charge in [-0.1, -0.05) is 13.3 Å². The van der Waals surface area contributed by atoms with Crippen LogP contribution in [0.3, 0.4) is 0 Å². The molecule has 0 amide bonds. The van der Waals surface area contributed by atoms with Gasteiger partial charge in [0.2, 0.25) is 0 Å². The molecular weight excluding hydrogens is 124 g/mol. The summed E-state index contributed by atoms with van der Waals surface area (Å²) in [5.41, 5.74) is 1.36. The van der Waals surface area contributed by atoms with Crippen molar-refractivity contribution in [2.45, 2.75) is 33.6 Å². The minimum absolute atomic E-state index is 1.03. The van der Waals surface area contributed by atoms with Crippen LogP contribution in [0.2, 0.25) is 0 Å². The molecule has 1 rings (SSSR count). The average Bonchev–Trinajstić information content (AvgIpc) is 2.13. The van der Waals surface area contributed by atoms with Gasteiger partial charge in [-0.25, -0.2) is 0 Å². The largest absolute Gasteiger partial charge is 0.466 e. The van der Waals surface area contributed by atoms with E-state index in [9.17, 15) is 0 Å². The molecule has 56 valence electrons. The van der Waals surface area contributed by atoms with Crippen LogP contribution in [-0.4, -0.2) is 0 Å². The Morgan fingerprint density at radius 1 is 1.40 bits per heavy atom. The number of hydrogen-bond donors (Lipinski definition) is 0. The van der Waals surface area contributed by atoms with Crippen LogP contribution in [0, 0.1) is 13.8 Å². The van der Waals surface area contributed by atoms with Crippen molar-refractivity contribution in [3.8, 4) is 0 Å². The molecule has 0 radical (unpaired) electrons. The number of furan rings is 1. The Balaban J connectivity index is 2.81. The molecule has 0 aliphatic heterocycles. The highest BCUT2D eigenvalue weighted by molar-refractivity contribution is 5.19. The Morgan fingerprint density at radius 3 is 2.50 bits per heavy atom. The van der Waals surface area contributed by atoms with Crippen LogP contribution in [0.4, 0.5) is 0 Å². The topological polar surface area (TPSA) is 13.1 Å². The second-order valence-corrected chi connectivity index (χ2v) is 2.69. The lowest BCUT2D eigenvalue weighted by Gasteiger charge is -1.91. The molecule has 0 aromatic carbocycles. The van der Waals surface area contributed by atoms with Crippen molar-refractivity contribution in [2.75, 3.05) is 0 Å². The Labute approximate surface area is 62.1 Å². The van der Waals surface area contributed by atoms with E-state index in [0.717, 1.165) is 17.9 Å². The van der Waals surface area contributed by atoms with Gasteiger partial charge in [0.05, 0.1) is 0 Å². The molecule has 0 saturated heterocycles. The molecule has 0 spiro atoms. The highest BCUT2D eigenvalue weighted by atomic mass is 16.3. The first-order valence-electron chi connectivity index (χ1n) is 3.80. The van der Waals surface area contributed by atoms with E-state index in [4.69, 9.17) is 4.42 Å². The second kappa shape index (κ2) is 2.91. The quantitative estimate of drug-likeness (QED) is 0.612. The van der Waals surface area contributed by atoms with Gasteiger partial charge < -0.3 is 4.42 Å². The van der Waals surface area contributed by atoms with Gasteiger partial charge in [0, 0.05) is 0 Å². The molecular formula is C9H14O. The minimum Gasteiger partial charge on any atom is -0.466 e. The Hall–Kier alpha value is -0.720. The maximum absolute atomic E-state index is 5.37. The van der Waals surface area contributed by atoms with Crippen LogP contribution in [0.25, 0.3) is 0 Å². The first kappa shape index (κ1) is 7.39. The van der Waals surface area contributed by atoms with Crippen LogP contribution in [0.1, 0.15) is 30.4 Å². The molecule has 0 N–H and O–H groups in total. The molecule has 1 aromatic rings. The number of rotatable bonds is 2. The summed E-state index contributed by atoms with van der Waals surface area (Å²) in [7, 11) is 0. The summed E-state index contributed by atoms with van der Waals surface area (Å²) < 4.78 is 5.37. The van der Waals surface area contributed by atoms with Gasteiger partial charge in [0.25, 0.3) is 0 Å². The normalized spacial score (nSPS) is 10.3. The molecule has 10 heavy (non-hydrogen) atoms. The Morgan fingerprint density at radius 2 is 2.10 bits per heavy atom. The maximum atomic E-state index is 5.37. The maximum Gasteiger partial charge on any atom is 0.104 e. The lowest BCUT2D eigenvalue weighted by Crippen LogP contribution is -1.80. The SMILES string of the molecule is CCCc1cc(C)oc1C. The van der Waals surface area contributed by atoms with Gasteiger partial charge in [-0.2, -0.15) is 0 Å². The van der Waals surface area contributed by atoms with Gasteiger partial charge in [0.1, 0.15) is 11.5 Å². The fourth-order valence-electron chi connectivity index (χ4n) is 1.20. The van der Waals surface area contributed by atoms with E-state index in [1.165, 1.54) is 12.0 Å². The zero-order chi connectivity index (χ0) is 7.56. The summed E-state index contributed by atoms with van der Waals surface area (Å²) in [6.07, 6.45) is 2.34. The van der Waals surface area contributed by atoms with Crippen molar-refractivity contribution in [3.05, 3.63) is 23.2 Å². The number of hydrogen-bond acceptors (Lipinski definition) is 1. The van der Waals surface area contributed by atoms with Crippen molar-refractivity contribution >= 4 is 0 Å². The lowest BCUT2D eigenvalue weighted by molar-refractivity contribution is 0.501. The van der Waals surface area contributed by atoms with E-state index in [0.29, 0.717) is 0 Å². The van der Waals surface area contributed by atoms with Crippen molar-refractivity contribution in [1.82, 2.24) is 0 Å². The Kier molecular flexibility index (Phi) is 2.15. The van der Waals surface area contributed by atoms with Crippen LogP contribution >= 0.6 is 0 Å². The summed E-state index contributed by atoms with van der Waals surface area (Å²) in [6, 6.07) is 2.12. The lowest BCUT2D eigenvalue weighted by atomic mass is 10.1. The summed E-state index contributed by atoms with van der Waals surface area (Å²) in [5.74, 6) is 2.11. The molecule has 0 unspecified atom stereocenters. The summed E-state index contributed by atoms with van der Waals surface area (Å²) >= 11 is 0. The van der Waals surface area contributed by atoms with Crippen molar-refractivity contribution in [1.29, 1.82) is 0 Å². The van der Waals surface area contributed by atoms with Crippen LogP contribution < -0.4 is 0 Å². The average molecular weight is 138 g/mol. The molecule has 1 heterocycles. The van der Waals surface area contributed by atoms with E-state index < -0.39 is 0 Å². The molecule has 1 nitrogen and oxygen atoms in total. The molecule has 1 aromatic heterocycles. The first-order valence-corrected chi connectivity index (χ1v) is 3.80. The standard InChI is InChI=1S/C9H14O/c1-4-5-9-6-7(2)10-8(9)3/h6H,4-5H2,1-3H3. The van der Waals surface area contributed by atoms with E-state index in [1.807, 2.05) is 13.8 Å². The highest BCUT2D eigenvalue weighted by Crippen LogP contribution is 2.14. The van der Waals surface area contributed by atoms with Gasteiger partial charge in [-0.05, 0) is 31.9 Å². The second-order valence-electron chi connectivity index (χ2n) is 2.69. The Bertz CT molecular complexity index is 211. The van der Waals surface area contributed by atoms with Crippen LogP contribution in [-0.2, 0) is 6.42 Å². The molecule has 0 fully saturated rings. The molecule has 0 aliphatic carbocycles. The molecule has 1 heteroatoms. The van der Waals surface area contributed by atoms with E-state index in [1.54, 1.807) is 0 Å². The summed E-state index contributed by atoms with van der Waals surface area (Å²) in [6.45, 7) is 6.20. The zero-order valence-electron chi connectivity index (χ0n) is 6.90. The van der Waals surface area contributed by atoms with Gasteiger partial charge in [-0.3, -0.25) is 0 Å². The van der Waals surface area contributed by atoms with E-state index >= 15 is 0 Å². The van der Waals surface area contributed by atoms with Gasteiger partial charge in [0.15, 0.2) is 0 Å². The molecule has 0 bridgehead atoms. The van der Waals surface area contributed by atoms with Crippen molar-refractivity contribution in [2.24, 2.45) is 0 Å². The van der Waals surface area contributed by atoms with E-state index in [2.05, 4.69) is 13.0 Å². The van der Waals surface area contributed by atoms with Crippen molar-refractivity contribution < 1.29 is 4.42 Å². The highest BCUT2D eigenvalue weighted by Gasteiger charge is 2.01. The van der Waals surface area contributed by atoms with Crippen LogP contribution in [0.15, 0.2) is 10.5 Å². The zero-order valence-corrected chi connectivity index (χ0v) is 6.90. The fourth-order valence-corrected chi connectivity index (χ4v) is 1.20.